The molecule has 0 saturated heterocycles. The lowest BCUT2D eigenvalue weighted by atomic mass is 10.3. The third-order valence-corrected chi connectivity index (χ3v) is 3.36. The smallest absolute Gasteiger partial charge is 0.265 e. The molecule has 0 radical (unpaired) electrons. The summed E-state index contributed by atoms with van der Waals surface area (Å²) in [6.45, 7) is 1.58. The van der Waals surface area contributed by atoms with Gasteiger partial charge in [0.2, 0.25) is 0 Å². The van der Waals surface area contributed by atoms with E-state index in [1.165, 1.54) is 18.4 Å². The summed E-state index contributed by atoms with van der Waals surface area (Å²) >= 11 is 4.56. The second-order valence-corrected chi connectivity index (χ2v) is 5.43. The van der Waals surface area contributed by atoms with Gasteiger partial charge in [0.25, 0.3) is 11.8 Å². The number of carbonyl (C=O) groups is 2. The van der Waals surface area contributed by atoms with Gasteiger partial charge in [0.1, 0.15) is 6.04 Å². The highest BCUT2D eigenvalue weighted by Gasteiger charge is 2.17. The quantitative estimate of drug-likeness (QED) is 0.824. The topological polar surface area (TPSA) is 67.4 Å². The van der Waals surface area contributed by atoms with Crippen LogP contribution in [-0.2, 0) is 9.63 Å². The van der Waals surface area contributed by atoms with Crippen molar-refractivity contribution in [3.8, 4) is 0 Å². The van der Waals surface area contributed by atoms with Gasteiger partial charge in [-0.3, -0.25) is 14.4 Å². The number of hydrogen-bond acceptors (Lipinski definition) is 4. The Morgan fingerprint density at radius 3 is 2.69 bits per heavy atom. The van der Waals surface area contributed by atoms with Crippen LogP contribution in [0.4, 0.5) is 0 Å². The van der Waals surface area contributed by atoms with E-state index in [1.807, 2.05) is 0 Å². The summed E-state index contributed by atoms with van der Waals surface area (Å²) in [5.74, 6) is -0.680. The lowest BCUT2D eigenvalue weighted by Crippen LogP contribution is -2.44. The highest BCUT2D eigenvalue weighted by molar-refractivity contribution is 9.11. The number of hydrogen-bond donors (Lipinski definition) is 2. The average Bonchev–Trinajstić information content (AvgIpc) is 2.65. The van der Waals surface area contributed by atoms with E-state index in [9.17, 15) is 9.59 Å². The van der Waals surface area contributed by atoms with E-state index in [-0.39, 0.29) is 5.91 Å². The van der Waals surface area contributed by atoms with E-state index in [0.717, 1.165) is 3.79 Å². The van der Waals surface area contributed by atoms with Crippen molar-refractivity contribution in [3.63, 3.8) is 0 Å². The Hall–Kier alpha value is -0.920. The lowest BCUT2D eigenvalue weighted by molar-refractivity contribution is -0.132. The first-order valence-electron chi connectivity index (χ1n) is 4.43. The van der Waals surface area contributed by atoms with Crippen molar-refractivity contribution in [1.82, 2.24) is 10.8 Å². The molecule has 2 amide bonds. The Bertz CT molecular complexity index is 394. The van der Waals surface area contributed by atoms with Crippen LogP contribution in [0.2, 0.25) is 0 Å². The minimum atomic E-state index is -0.645. The maximum absolute atomic E-state index is 11.6. The van der Waals surface area contributed by atoms with Crippen LogP contribution in [0.1, 0.15) is 16.6 Å². The summed E-state index contributed by atoms with van der Waals surface area (Å²) in [5, 5.41) is 2.55. The van der Waals surface area contributed by atoms with E-state index in [1.54, 1.807) is 19.1 Å². The first-order chi connectivity index (χ1) is 7.54. The Morgan fingerprint density at radius 2 is 2.19 bits per heavy atom. The summed E-state index contributed by atoms with van der Waals surface area (Å²) in [6.07, 6.45) is 0. The maximum atomic E-state index is 11.6. The molecule has 1 atom stereocenters. The number of thiophene rings is 1. The van der Waals surface area contributed by atoms with E-state index >= 15 is 0 Å². The van der Waals surface area contributed by atoms with E-state index in [2.05, 4.69) is 31.6 Å². The molecule has 88 valence electrons. The second kappa shape index (κ2) is 5.97. The summed E-state index contributed by atoms with van der Waals surface area (Å²) in [5.41, 5.74) is 2.15. The predicted molar refractivity (Wildman–Crippen MR) is 64.1 cm³/mol. The molecule has 0 aliphatic carbocycles. The molecular formula is C9H11BrN2O3S. The number of halogens is 1. The molecule has 0 saturated carbocycles. The fraction of sp³-hybridized carbons (Fsp3) is 0.333. The molecule has 0 aliphatic rings. The molecule has 0 bridgehead atoms. The number of hydroxylamine groups is 1. The molecule has 1 rings (SSSR count). The summed E-state index contributed by atoms with van der Waals surface area (Å²) in [6, 6.07) is 2.82. The third kappa shape index (κ3) is 3.58. The van der Waals surface area contributed by atoms with Gasteiger partial charge in [-0.1, -0.05) is 0 Å². The van der Waals surface area contributed by atoms with E-state index < -0.39 is 11.9 Å². The number of carbonyl (C=O) groups excluding carboxylic acids is 2. The summed E-state index contributed by atoms with van der Waals surface area (Å²) < 4.78 is 0.867. The fourth-order valence-corrected chi connectivity index (χ4v) is 2.25. The monoisotopic (exact) mass is 306 g/mol. The van der Waals surface area contributed by atoms with Crippen molar-refractivity contribution >= 4 is 39.1 Å². The minimum Gasteiger partial charge on any atom is -0.340 e. The van der Waals surface area contributed by atoms with Gasteiger partial charge in [0, 0.05) is 0 Å². The van der Waals surface area contributed by atoms with Gasteiger partial charge >= 0.3 is 0 Å². The van der Waals surface area contributed by atoms with Gasteiger partial charge in [-0.25, -0.2) is 5.48 Å². The standard InChI is InChI=1S/C9H11BrN2O3S/c1-5(8(13)12-15-2)11-9(14)6-3-4-7(10)16-6/h3-5H,1-2H3,(H,11,14)(H,12,13)/t5-/m0/s1. The van der Waals surface area contributed by atoms with Crippen molar-refractivity contribution in [2.45, 2.75) is 13.0 Å². The number of amides is 2. The SMILES string of the molecule is CONC(=O)[C@H](C)NC(=O)c1ccc(Br)s1. The molecule has 0 unspecified atom stereocenters. The van der Waals surface area contributed by atoms with E-state index in [0.29, 0.717) is 4.88 Å². The van der Waals surface area contributed by atoms with Crippen LogP contribution >= 0.6 is 27.3 Å². The molecule has 1 heterocycles. The minimum absolute atomic E-state index is 0.283. The molecule has 2 N–H and O–H groups in total. The third-order valence-electron chi connectivity index (χ3n) is 1.74. The second-order valence-electron chi connectivity index (χ2n) is 2.97. The van der Waals surface area contributed by atoms with Gasteiger partial charge in [-0.05, 0) is 35.0 Å². The van der Waals surface area contributed by atoms with Crippen LogP contribution in [0.25, 0.3) is 0 Å². The first-order valence-corrected chi connectivity index (χ1v) is 6.04. The van der Waals surface area contributed by atoms with Gasteiger partial charge in [0.15, 0.2) is 0 Å². The van der Waals surface area contributed by atoms with Gasteiger partial charge in [0.05, 0.1) is 15.8 Å². The molecule has 1 aromatic heterocycles. The Kier molecular flexibility index (Phi) is 4.91. The maximum Gasteiger partial charge on any atom is 0.265 e. The van der Waals surface area contributed by atoms with Crippen molar-refractivity contribution < 1.29 is 14.4 Å². The van der Waals surface area contributed by atoms with Gasteiger partial charge in [-0.15, -0.1) is 11.3 Å². The van der Waals surface area contributed by atoms with Gasteiger partial charge in [-0.2, -0.15) is 0 Å². The highest BCUT2D eigenvalue weighted by Crippen LogP contribution is 2.21. The average molecular weight is 307 g/mol. The van der Waals surface area contributed by atoms with Crippen molar-refractivity contribution in [1.29, 1.82) is 0 Å². The van der Waals surface area contributed by atoms with Crippen molar-refractivity contribution in [3.05, 3.63) is 20.8 Å². The molecule has 0 aliphatic heterocycles. The van der Waals surface area contributed by atoms with Crippen molar-refractivity contribution in [2.24, 2.45) is 0 Å². The summed E-state index contributed by atoms with van der Waals surface area (Å²) in [7, 11) is 1.34. The van der Waals surface area contributed by atoms with Crippen molar-refractivity contribution in [2.75, 3.05) is 7.11 Å². The molecule has 16 heavy (non-hydrogen) atoms. The lowest BCUT2D eigenvalue weighted by Gasteiger charge is -2.11. The Morgan fingerprint density at radius 1 is 1.50 bits per heavy atom. The van der Waals surface area contributed by atoms with Crippen LogP contribution in [0.5, 0.6) is 0 Å². The Balaban J connectivity index is 2.54. The zero-order chi connectivity index (χ0) is 12.1. The van der Waals surface area contributed by atoms with Crippen LogP contribution in [-0.4, -0.2) is 25.0 Å². The molecule has 7 heteroatoms. The molecule has 0 spiro atoms. The van der Waals surface area contributed by atoms with Crippen LogP contribution in [0.3, 0.4) is 0 Å². The number of nitrogens with one attached hydrogen (secondary N) is 2. The Labute approximate surface area is 105 Å². The van der Waals surface area contributed by atoms with Gasteiger partial charge < -0.3 is 5.32 Å². The normalized spacial score (nSPS) is 11.9. The number of rotatable bonds is 4. The molecule has 1 aromatic rings. The predicted octanol–water partition coefficient (Wildman–Crippen LogP) is 1.31. The fourth-order valence-electron chi connectivity index (χ4n) is 0.959. The summed E-state index contributed by atoms with van der Waals surface area (Å²) in [4.78, 5) is 27.9. The largest absolute Gasteiger partial charge is 0.340 e. The molecular weight excluding hydrogens is 296 g/mol. The molecule has 5 nitrogen and oxygen atoms in total. The zero-order valence-electron chi connectivity index (χ0n) is 8.74. The highest BCUT2D eigenvalue weighted by atomic mass is 79.9. The van der Waals surface area contributed by atoms with E-state index in [4.69, 9.17) is 0 Å². The zero-order valence-corrected chi connectivity index (χ0v) is 11.1. The molecule has 0 fully saturated rings. The molecule has 0 aromatic carbocycles. The van der Waals surface area contributed by atoms with Crippen LogP contribution in [0, 0.1) is 0 Å². The first kappa shape index (κ1) is 13.1. The van der Waals surface area contributed by atoms with Crippen LogP contribution < -0.4 is 10.8 Å². The van der Waals surface area contributed by atoms with Crippen LogP contribution in [0.15, 0.2) is 15.9 Å².